The summed E-state index contributed by atoms with van der Waals surface area (Å²) in [6.07, 6.45) is 4.09. The number of hydrazine groups is 1. The van der Waals surface area contributed by atoms with Gasteiger partial charge in [0, 0.05) is 19.5 Å². The van der Waals surface area contributed by atoms with Crippen molar-refractivity contribution in [1.29, 1.82) is 0 Å². The zero-order chi connectivity index (χ0) is 10.5. The molecule has 3 heterocycles. The van der Waals surface area contributed by atoms with Crippen LogP contribution >= 0.6 is 11.8 Å². The third-order valence-corrected chi connectivity index (χ3v) is 5.24. The van der Waals surface area contributed by atoms with Crippen molar-refractivity contribution in [2.45, 2.75) is 36.6 Å². The highest BCUT2D eigenvalue weighted by molar-refractivity contribution is 7.99. The summed E-state index contributed by atoms with van der Waals surface area (Å²) < 4.78 is 0. The number of carbonyl (C=O) groups is 1. The number of rotatable bonds is 0. The third kappa shape index (κ3) is 1.26. The summed E-state index contributed by atoms with van der Waals surface area (Å²) in [4.78, 5) is 14.4. The maximum atomic E-state index is 12.4. The van der Waals surface area contributed by atoms with E-state index < -0.39 is 0 Å². The number of carbonyl (C=O) groups excluding carboxylic acids is 1. The van der Waals surface area contributed by atoms with Gasteiger partial charge >= 0.3 is 0 Å². The molecule has 1 unspecified atom stereocenters. The van der Waals surface area contributed by atoms with E-state index in [4.69, 9.17) is 5.84 Å². The van der Waals surface area contributed by atoms with Gasteiger partial charge in [-0.25, -0.2) is 5.01 Å². The molecule has 0 saturated carbocycles. The number of fused-ring (bicyclic) bond motifs is 1. The normalized spacial score (nSPS) is 41.5. The minimum Gasteiger partial charge on any atom is -0.329 e. The standard InChI is InChI=1S/C10H17N3OS/c11-13-5-1-3-10(13)7-8-12(9(10)14)4-2-6-15-8/h8H,1-7,11H2/t8?,10-/m1/s1. The molecule has 4 nitrogen and oxygen atoms in total. The Labute approximate surface area is 94.1 Å². The summed E-state index contributed by atoms with van der Waals surface area (Å²) in [5.74, 6) is 7.48. The number of hydrogen-bond donors (Lipinski definition) is 1. The molecule has 3 rings (SSSR count). The summed E-state index contributed by atoms with van der Waals surface area (Å²) in [6.45, 7) is 1.81. The van der Waals surface area contributed by atoms with Crippen molar-refractivity contribution in [2.75, 3.05) is 18.8 Å². The van der Waals surface area contributed by atoms with Crippen LogP contribution < -0.4 is 5.84 Å². The lowest BCUT2D eigenvalue weighted by atomic mass is 9.95. The highest BCUT2D eigenvalue weighted by atomic mass is 32.2. The zero-order valence-electron chi connectivity index (χ0n) is 8.82. The third-order valence-electron chi connectivity index (χ3n) is 3.91. The largest absolute Gasteiger partial charge is 0.329 e. The highest BCUT2D eigenvalue weighted by Gasteiger charge is 2.56. The minimum absolute atomic E-state index is 0.291. The minimum atomic E-state index is -0.331. The monoisotopic (exact) mass is 227 g/mol. The van der Waals surface area contributed by atoms with Crippen molar-refractivity contribution < 1.29 is 4.79 Å². The molecule has 3 aliphatic rings. The van der Waals surface area contributed by atoms with Gasteiger partial charge in [0.25, 0.3) is 0 Å². The Balaban J connectivity index is 1.90. The van der Waals surface area contributed by atoms with Crippen molar-refractivity contribution in [3.05, 3.63) is 0 Å². The quantitative estimate of drug-likeness (QED) is 0.608. The number of hydrogen-bond acceptors (Lipinski definition) is 4. The topological polar surface area (TPSA) is 49.6 Å². The van der Waals surface area contributed by atoms with Crippen molar-refractivity contribution in [3.8, 4) is 0 Å². The average molecular weight is 227 g/mol. The second-order valence-corrected chi connectivity index (χ2v) is 6.00. The molecule has 0 aromatic rings. The second-order valence-electron chi connectivity index (χ2n) is 4.71. The molecule has 2 N–H and O–H groups in total. The van der Waals surface area contributed by atoms with Gasteiger partial charge in [0.05, 0.1) is 5.37 Å². The van der Waals surface area contributed by atoms with Crippen molar-refractivity contribution in [2.24, 2.45) is 5.84 Å². The second kappa shape index (κ2) is 3.37. The maximum absolute atomic E-state index is 12.4. The van der Waals surface area contributed by atoms with Crippen LogP contribution in [0.2, 0.25) is 0 Å². The fourth-order valence-corrected chi connectivity index (χ4v) is 4.42. The molecule has 5 heteroatoms. The smallest absolute Gasteiger partial charge is 0.245 e. The lowest BCUT2D eigenvalue weighted by Crippen LogP contribution is -2.53. The van der Waals surface area contributed by atoms with E-state index in [-0.39, 0.29) is 5.54 Å². The van der Waals surface area contributed by atoms with Crippen LogP contribution in [-0.4, -0.2) is 45.6 Å². The van der Waals surface area contributed by atoms with Crippen LogP contribution in [0.4, 0.5) is 0 Å². The van der Waals surface area contributed by atoms with Crippen LogP contribution in [0.3, 0.4) is 0 Å². The van der Waals surface area contributed by atoms with Crippen LogP contribution in [0.1, 0.15) is 25.7 Å². The van der Waals surface area contributed by atoms with Gasteiger partial charge in [0.15, 0.2) is 0 Å². The maximum Gasteiger partial charge on any atom is 0.245 e. The SMILES string of the molecule is NN1CCC[C@]12CC1SCCCN1C2=O. The van der Waals surface area contributed by atoms with Crippen LogP contribution in [0.15, 0.2) is 0 Å². The van der Waals surface area contributed by atoms with Crippen molar-refractivity contribution >= 4 is 17.7 Å². The molecule has 1 amide bonds. The fourth-order valence-electron chi connectivity index (χ4n) is 3.08. The van der Waals surface area contributed by atoms with Gasteiger partial charge < -0.3 is 4.90 Å². The molecule has 0 aromatic heterocycles. The first kappa shape index (κ1) is 9.93. The Morgan fingerprint density at radius 2 is 2.27 bits per heavy atom. The zero-order valence-corrected chi connectivity index (χ0v) is 9.63. The first-order valence-electron chi connectivity index (χ1n) is 5.69. The molecule has 0 aliphatic carbocycles. The predicted octanol–water partition coefficient (Wildman–Crippen LogP) is 0.390. The Hall–Kier alpha value is -0.260. The van der Waals surface area contributed by atoms with Gasteiger partial charge in [0.1, 0.15) is 5.54 Å². The van der Waals surface area contributed by atoms with Crippen LogP contribution in [0.25, 0.3) is 0 Å². The van der Waals surface area contributed by atoms with E-state index in [0.717, 1.165) is 38.8 Å². The lowest BCUT2D eigenvalue weighted by molar-refractivity contribution is -0.137. The highest BCUT2D eigenvalue weighted by Crippen LogP contribution is 2.44. The van der Waals surface area contributed by atoms with Gasteiger partial charge in [-0.3, -0.25) is 10.6 Å². The predicted molar refractivity (Wildman–Crippen MR) is 60.1 cm³/mol. The van der Waals surface area contributed by atoms with E-state index in [1.807, 2.05) is 11.8 Å². The molecule has 3 aliphatic heterocycles. The molecule has 0 aromatic carbocycles. The first-order valence-corrected chi connectivity index (χ1v) is 6.74. The molecule has 2 atom stereocenters. The van der Waals surface area contributed by atoms with Gasteiger partial charge in [-0.1, -0.05) is 0 Å². The van der Waals surface area contributed by atoms with E-state index in [1.54, 1.807) is 5.01 Å². The summed E-state index contributed by atoms with van der Waals surface area (Å²) in [5, 5.41) is 2.20. The van der Waals surface area contributed by atoms with E-state index in [0.29, 0.717) is 11.3 Å². The molecule has 1 spiro atoms. The molecular weight excluding hydrogens is 210 g/mol. The molecule has 3 saturated heterocycles. The van der Waals surface area contributed by atoms with Crippen LogP contribution in [0, 0.1) is 0 Å². The van der Waals surface area contributed by atoms with Crippen molar-refractivity contribution in [3.63, 3.8) is 0 Å². The van der Waals surface area contributed by atoms with E-state index in [9.17, 15) is 4.79 Å². The van der Waals surface area contributed by atoms with Gasteiger partial charge in [-0.05, 0) is 25.0 Å². The molecule has 84 valence electrons. The average Bonchev–Trinajstić information content (AvgIpc) is 2.74. The summed E-state index contributed by atoms with van der Waals surface area (Å²) in [5.41, 5.74) is -0.331. The number of amides is 1. The van der Waals surface area contributed by atoms with Crippen molar-refractivity contribution in [1.82, 2.24) is 9.91 Å². The van der Waals surface area contributed by atoms with Gasteiger partial charge in [-0.2, -0.15) is 0 Å². The van der Waals surface area contributed by atoms with E-state index >= 15 is 0 Å². The van der Waals surface area contributed by atoms with E-state index in [2.05, 4.69) is 4.90 Å². The fraction of sp³-hybridized carbons (Fsp3) is 0.900. The molecule has 0 bridgehead atoms. The summed E-state index contributed by atoms with van der Waals surface area (Å²) in [6, 6.07) is 0. The summed E-state index contributed by atoms with van der Waals surface area (Å²) in [7, 11) is 0. The Kier molecular flexibility index (Phi) is 2.23. The van der Waals surface area contributed by atoms with Gasteiger partial charge in [0.2, 0.25) is 5.91 Å². The molecule has 3 fully saturated rings. The number of thioether (sulfide) groups is 1. The number of nitrogens with two attached hydrogens (primary N) is 1. The Morgan fingerprint density at radius 1 is 1.40 bits per heavy atom. The van der Waals surface area contributed by atoms with Crippen LogP contribution in [-0.2, 0) is 4.79 Å². The Bertz CT molecular complexity index is 298. The molecular formula is C10H17N3OS. The first-order chi connectivity index (χ1) is 7.24. The molecule has 0 radical (unpaired) electrons. The van der Waals surface area contributed by atoms with Gasteiger partial charge in [-0.15, -0.1) is 11.8 Å². The Morgan fingerprint density at radius 3 is 2.93 bits per heavy atom. The summed E-state index contributed by atoms with van der Waals surface area (Å²) >= 11 is 1.92. The molecule has 15 heavy (non-hydrogen) atoms. The van der Waals surface area contributed by atoms with E-state index in [1.165, 1.54) is 5.75 Å². The van der Waals surface area contributed by atoms with Crippen LogP contribution in [0.5, 0.6) is 0 Å². The number of nitrogens with zero attached hydrogens (tertiary/aromatic N) is 2. The lowest BCUT2D eigenvalue weighted by Gasteiger charge is -2.30.